The van der Waals surface area contributed by atoms with Crippen molar-refractivity contribution in [1.29, 1.82) is 0 Å². The van der Waals surface area contributed by atoms with Gasteiger partial charge in [-0.1, -0.05) is 19.1 Å². The topological polar surface area (TPSA) is 49.4 Å². The highest BCUT2D eigenvalue weighted by atomic mass is 16.2. The highest BCUT2D eigenvalue weighted by Crippen LogP contribution is 2.29. The molecule has 22 heavy (non-hydrogen) atoms. The Hall–Kier alpha value is -2.10. The lowest BCUT2D eigenvalue weighted by molar-refractivity contribution is -0.126. The average Bonchev–Trinajstić information content (AvgIpc) is 3.36. The van der Waals surface area contributed by atoms with Crippen LogP contribution in [-0.2, 0) is 4.79 Å². The number of carbonyl (C=O) groups is 2. The Balaban J connectivity index is 1.96. The van der Waals surface area contributed by atoms with Gasteiger partial charge in [-0.2, -0.15) is 0 Å². The molecular weight excluding hydrogens is 276 g/mol. The molecule has 0 atom stereocenters. The van der Waals surface area contributed by atoms with Gasteiger partial charge >= 0.3 is 0 Å². The van der Waals surface area contributed by atoms with Gasteiger partial charge in [-0.15, -0.1) is 0 Å². The van der Waals surface area contributed by atoms with E-state index < -0.39 is 0 Å². The Labute approximate surface area is 132 Å². The first-order valence-corrected chi connectivity index (χ1v) is 7.93. The van der Waals surface area contributed by atoms with Crippen molar-refractivity contribution in [2.24, 2.45) is 5.92 Å². The minimum absolute atomic E-state index is 0.0733. The van der Waals surface area contributed by atoms with E-state index in [2.05, 4.69) is 12.2 Å². The number of nitrogens with one attached hydrogen (secondary N) is 1. The predicted molar refractivity (Wildman–Crippen MR) is 88.5 cm³/mol. The summed E-state index contributed by atoms with van der Waals surface area (Å²) in [4.78, 5) is 25.7. The molecule has 1 fully saturated rings. The zero-order chi connectivity index (χ0) is 15.9. The van der Waals surface area contributed by atoms with Crippen LogP contribution in [0, 0.1) is 5.92 Å². The first-order valence-electron chi connectivity index (χ1n) is 7.93. The summed E-state index contributed by atoms with van der Waals surface area (Å²) in [5, 5.41) is 2.59. The fraction of sp³-hybridized carbons (Fsp3) is 0.444. The summed E-state index contributed by atoms with van der Waals surface area (Å²) in [5.74, 6) is 0.671. The van der Waals surface area contributed by atoms with Crippen LogP contribution in [0.4, 0.5) is 0 Å². The smallest absolute Gasteiger partial charge is 0.251 e. The summed E-state index contributed by atoms with van der Waals surface area (Å²) in [5.41, 5.74) is 1.54. The van der Waals surface area contributed by atoms with E-state index in [1.165, 1.54) is 12.8 Å². The third-order valence-corrected chi connectivity index (χ3v) is 3.80. The Bertz CT molecular complexity index is 545. The van der Waals surface area contributed by atoms with Gasteiger partial charge in [-0.05, 0) is 49.0 Å². The molecule has 0 aromatic heterocycles. The van der Waals surface area contributed by atoms with Gasteiger partial charge in [0, 0.05) is 31.8 Å². The molecule has 1 saturated carbocycles. The molecule has 0 aliphatic heterocycles. The quantitative estimate of drug-likeness (QED) is 0.787. The Morgan fingerprint density at radius 2 is 1.95 bits per heavy atom. The molecule has 1 aromatic carbocycles. The van der Waals surface area contributed by atoms with Crippen LogP contribution in [0.25, 0.3) is 6.08 Å². The molecule has 0 unspecified atom stereocenters. The van der Waals surface area contributed by atoms with Crippen molar-refractivity contribution in [1.82, 2.24) is 10.2 Å². The molecule has 0 spiro atoms. The van der Waals surface area contributed by atoms with E-state index in [1.807, 2.05) is 23.1 Å². The summed E-state index contributed by atoms with van der Waals surface area (Å²) in [6, 6.07) is 7.22. The van der Waals surface area contributed by atoms with Crippen molar-refractivity contribution >= 4 is 17.9 Å². The zero-order valence-corrected chi connectivity index (χ0v) is 13.3. The Morgan fingerprint density at radius 1 is 1.27 bits per heavy atom. The minimum atomic E-state index is -0.106. The molecule has 0 radical (unpaired) electrons. The lowest BCUT2D eigenvalue weighted by Crippen LogP contribution is -2.32. The van der Waals surface area contributed by atoms with E-state index in [-0.39, 0.29) is 11.8 Å². The maximum atomic E-state index is 12.3. The number of amides is 2. The number of rotatable bonds is 7. The Kier molecular flexibility index (Phi) is 5.75. The molecule has 0 bridgehead atoms. The molecule has 2 rings (SSSR count). The first-order chi connectivity index (χ1) is 10.6. The fourth-order valence-electron chi connectivity index (χ4n) is 2.34. The maximum absolute atomic E-state index is 12.3. The van der Waals surface area contributed by atoms with Crippen LogP contribution in [0.1, 0.15) is 42.1 Å². The SMILES string of the molecule is CCCN(CC1CC1)C(=O)/C=C/c1ccc(C(=O)NC)cc1. The third-order valence-electron chi connectivity index (χ3n) is 3.80. The maximum Gasteiger partial charge on any atom is 0.251 e. The lowest BCUT2D eigenvalue weighted by Gasteiger charge is -2.20. The van der Waals surface area contributed by atoms with E-state index in [0.29, 0.717) is 11.5 Å². The lowest BCUT2D eigenvalue weighted by atomic mass is 10.1. The summed E-state index contributed by atoms with van der Waals surface area (Å²) in [6.45, 7) is 3.79. The van der Waals surface area contributed by atoms with Crippen LogP contribution in [0.15, 0.2) is 30.3 Å². The molecule has 1 aromatic rings. The van der Waals surface area contributed by atoms with Gasteiger partial charge in [-0.25, -0.2) is 0 Å². The second kappa shape index (κ2) is 7.78. The summed E-state index contributed by atoms with van der Waals surface area (Å²) >= 11 is 0. The van der Waals surface area contributed by atoms with Crippen LogP contribution in [0.2, 0.25) is 0 Å². The van der Waals surface area contributed by atoms with E-state index in [0.717, 1.165) is 25.1 Å². The number of nitrogens with zero attached hydrogens (tertiary/aromatic N) is 1. The second-order valence-corrected chi connectivity index (χ2v) is 5.76. The highest BCUT2D eigenvalue weighted by Gasteiger charge is 2.25. The predicted octanol–water partition coefficient (Wildman–Crippen LogP) is 2.71. The molecule has 1 N–H and O–H groups in total. The third kappa shape index (κ3) is 4.72. The van der Waals surface area contributed by atoms with Gasteiger partial charge in [0.15, 0.2) is 0 Å². The van der Waals surface area contributed by atoms with E-state index in [9.17, 15) is 9.59 Å². The van der Waals surface area contributed by atoms with Gasteiger partial charge in [-0.3, -0.25) is 9.59 Å². The van der Waals surface area contributed by atoms with Crippen molar-refractivity contribution in [2.75, 3.05) is 20.1 Å². The number of hydrogen-bond acceptors (Lipinski definition) is 2. The van der Waals surface area contributed by atoms with Crippen molar-refractivity contribution in [2.45, 2.75) is 26.2 Å². The van der Waals surface area contributed by atoms with Crippen molar-refractivity contribution in [3.63, 3.8) is 0 Å². The number of benzene rings is 1. The zero-order valence-electron chi connectivity index (χ0n) is 13.3. The van der Waals surface area contributed by atoms with Crippen molar-refractivity contribution < 1.29 is 9.59 Å². The van der Waals surface area contributed by atoms with Gasteiger partial charge in [0.25, 0.3) is 5.91 Å². The van der Waals surface area contributed by atoms with Gasteiger partial charge in [0.2, 0.25) is 5.91 Å². The largest absolute Gasteiger partial charge is 0.355 e. The van der Waals surface area contributed by atoms with Crippen LogP contribution in [-0.4, -0.2) is 36.9 Å². The summed E-state index contributed by atoms with van der Waals surface area (Å²) in [7, 11) is 1.61. The fourth-order valence-corrected chi connectivity index (χ4v) is 2.34. The molecule has 118 valence electrons. The average molecular weight is 300 g/mol. The van der Waals surface area contributed by atoms with Crippen LogP contribution >= 0.6 is 0 Å². The molecular formula is C18H24N2O2. The van der Waals surface area contributed by atoms with Gasteiger partial charge < -0.3 is 10.2 Å². The standard InChI is InChI=1S/C18H24N2O2/c1-3-12-20(13-15-4-5-15)17(21)11-8-14-6-9-16(10-7-14)18(22)19-2/h6-11,15H,3-5,12-13H2,1-2H3,(H,19,22)/b11-8+. The molecule has 0 saturated heterocycles. The first kappa shape index (κ1) is 16.3. The molecule has 4 nitrogen and oxygen atoms in total. The van der Waals surface area contributed by atoms with E-state index >= 15 is 0 Å². The van der Waals surface area contributed by atoms with Crippen LogP contribution in [0.3, 0.4) is 0 Å². The van der Waals surface area contributed by atoms with Crippen LogP contribution < -0.4 is 5.32 Å². The molecule has 1 aliphatic rings. The van der Waals surface area contributed by atoms with Crippen molar-refractivity contribution in [3.05, 3.63) is 41.5 Å². The van der Waals surface area contributed by atoms with Crippen LogP contribution in [0.5, 0.6) is 0 Å². The molecule has 2 amide bonds. The molecule has 4 heteroatoms. The number of carbonyl (C=O) groups excluding carboxylic acids is 2. The van der Waals surface area contributed by atoms with Crippen molar-refractivity contribution in [3.8, 4) is 0 Å². The monoisotopic (exact) mass is 300 g/mol. The minimum Gasteiger partial charge on any atom is -0.355 e. The normalized spacial score (nSPS) is 14.1. The molecule has 0 heterocycles. The summed E-state index contributed by atoms with van der Waals surface area (Å²) in [6.07, 6.45) is 6.92. The van der Waals surface area contributed by atoms with E-state index in [4.69, 9.17) is 0 Å². The van der Waals surface area contributed by atoms with Gasteiger partial charge in [0.05, 0.1) is 0 Å². The number of hydrogen-bond donors (Lipinski definition) is 1. The summed E-state index contributed by atoms with van der Waals surface area (Å²) < 4.78 is 0. The molecule has 1 aliphatic carbocycles. The van der Waals surface area contributed by atoms with E-state index in [1.54, 1.807) is 25.3 Å². The Morgan fingerprint density at radius 3 is 2.50 bits per heavy atom. The van der Waals surface area contributed by atoms with Gasteiger partial charge in [0.1, 0.15) is 0 Å². The highest BCUT2D eigenvalue weighted by molar-refractivity contribution is 5.94. The second-order valence-electron chi connectivity index (χ2n) is 5.76.